The SMILES string of the molecule is CC(C)COc1ccccc1[C@@H](CC(C)C)Nc1ccc2nnnn2n1. The standard InChI is InChI=1S/C19H26N6O/c1-13(2)11-16(15-7-5-6-8-17(15)26-12-14(3)4)20-18-9-10-19-21-23-24-25(19)22-18/h5-10,13-14,16H,11-12H2,1-4H3,(H,20,22)/t16-/m1/s1. The molecule has 0 aliphatic rings. The zero-order valence-electron chi connectivity index (χ0n) is 15.8. The molecule has 7 heteroatoms. The van der Waals surface area contributed by atoms with E-state index in [-0.39, 0.29) is 6.04 Å². The van der Waals surface area contributed by atoms with E-state index < -0.39 is 0 Å². The summed E-state index contributed by atoms with van der Waals surface area (Å²) in [6, 6.07) is 12.0. The predicted octanol–water partition coefficient (Wildman–Crippen LogP) is 3.75. The van der Waals surface area contributed by atoms with Crippen LogP contribution in [-0.2, 0) is 0 Å². The minimum Gasteiger partial charge on any atom is -0.493 e. The van der Waals surface area contributed by atoms with Gasteiger partial charge in [0, 0.05) is 5.56 Å². The van der Waals surface area contributed by atoms with Crippen LogP contribution in [0.3, 0.4) is 0 Å². The summed E-state index contributed by atoms with van der Waals surface area (Å²) in [7, 11) is 0. The molecule has 0 aliphatic heterocycles. The second-order valence-electron chi connectivity index (χ2n) is 7.31. The second kappa shape index (κ2) is 8.12. The molecule has 1 aromatic carbocycles. The summed E-state index contributed by atoms with van der Waals surface area (Å²) in [6.45, 7) is 9.42. The van der Waals surface area contributed by atoms with Crippen molar-refractivity contribution in [1.29, 1.82) is 0 Å². The zero-order chi connectivity index (χ0) is 18.5. The third-order valence-electron chi connectivity index (χ3n) is 3.97. The maximum Gasteiger partial charge on any atom is 0.200 e. The van der Waals surface area contributed by atoms with Crippen LogP contribution in [-0.4, -0.2) is 31.9 Å². The minimum atomic E-state index is 0.0831. The van der Waals surface area contributed by atoms with Crippen molar-refractivity contribution < 1.29 is 4.74 Å². The highest BCUT2D eigenvalue weighted by atomic mass is 16.5. The Morgan fingerprint density at radius 1 is 1.04 bits per heavy atom. The van der Waals surface area contributed by atoms with Gasteiger partial charge in [0.05, 0.1) is 12.6 Å². The van der Waals surface area contributed by atoms with Gasteiger partial charge in [-0.1, -0.05) is 45.9 Å². The summed E-state index contributed by atoms with van der Waals surface area (Å²) in [5.41, 5.74) is 1.76. The molecule has 26 heavy (non-hydrogen) atoms. The zero-order valence-corrected chi connectivity index (χ0v) is 15.8. The molecule has 0 unspecified atom stereocenters. The van der Waals surface area contributed by atoms with E-state index in [0.29, 0.717) is 24.1 Å². The van der Waals surface area contributed by atoms with E-state index in [1.807, 2.05) is 30.3 Å². The fraction of sp³-hybridized carbons (Fsp3) is 0.474. The van der Waals surface area contributed by atoms with Crippen LogP contribution >= 0.6 is 0 Å². The fourth-order valence-corrected chi connectivity index (χ4v) is 2.80. The molecule has 138 valence electrons. The highest BCUT2D eigenvalue weighted by molar-refractivity contribution is 5.46. The van der Waals surface area contributed by atoms with Gasteiger partial charge in [0.1, 0.15) is 11.6 Å². The van der Waals surface area contributed by atoms with Crippen LogP contribution in [0.25, 0.3) is 5.65 Å². The summed E-state index contributed by atoms with van der Waals surface area (Å²) < 4.78 is 7.49. The van der Waals surface area contributed by atoms with Crippen molar-refractivity contribution in [2.75, 3.05) is 11.9 Å². The second-order valence-corrected chi connectivity index (χ2v) is 7.31. The third-order valence-corrected chi connectivity index (χ3v) is 3.97. The lowest BCUT2D eigenvalue weighted by molar-refractivity contribution is 0.267. The van der Waals surface area contributed by atoms with E-state index in [0.717, 1.165) is 23.6 Å². The lowest BCUT2D eigenvalue weighted by Crippen LogP contribution is -2.17. The van der Waals surface area contributed by atoms with E-state index in [1.54, 1.807) is 0 Å². The van der Waals surface area contributed by atoms with Gasteiger partial charge in [-0.3, -0.25) is 0 Å². The van der Waals surface area contributed by atoms with Crippen LogP contribution in [0.1, 0.15) is 45.7 Å². The summed E-state index contributed by atoms with van der Waals surface area (Å²) in [5.74, 6) is 2.64. The normalized spacial score (nSPS) is 12.7. The molecular weight excluding hydrogens is 328 g/mol. The maximum atomic E-state index is 6.06. The van der Waals surface area contributed by atoms with Gasteiger partial charge in [0.15, 0.2) is 5.65 Å². The Hall–Kier alpha value is -2.70. The number of anilines is 1. The topological polar surface area (TPSA) is 77.2 Å². The van der Waals surface area contributed by atoms with E-state index in [4.69, 9.17) is 4.74 Å². The maximum absolute atomic E-state index is 6.06. The summed E-state index contributed by atoms with van der Waals surface area (Å²) in [6.07, 6.45) is 0.956. The Balaban J connectivity index is 1.88. The molecule has 1 atom stereocenters. The highest BCUT2D eigenvalue weighted by Crippen LogP contribution is 2.32. The van der Waals surface area contributed by atoms with Crippen molar-refractivity contribution in [3.63, 3.8) is 0 Å². The van der Waals surface area contributed by atoms with Gasteiger partial charge in [-0.05, 0) is 46.9 Å². The number of rotatable bonds is 8. The number of aromatic nitrogens is 5. The van der Waals surface area contributed by atoms with Gasteiger partial charge in [0.25, 0.3) is 0 Å². The number of hydrogen-bond acceptors (Lipinski definition) is 6. The first-order valence-electron chi connectivity index (χ1n) is 9.06. The summed E-state index contributed by atoms with van der Waals surface area (Å²) in [5, 5.41) is 19.4. The molecule has 2 aromatic heterocycles. The van der Waals surface area contributed by atoms with Crippen LogP contribution in [0.15, 0.2) is 36.4 Å². The quantitative estimate of drug-likeness (QED) is 0.664. The lowest BCUT2D eigenvalue weighted by atomic mass is 9.96. The predicted molar refractivity (Wildman–Crippen MR) is 101 cm³/mol. The molecule has 2 heterocycles. The van der Waals surface area contributed by atoms with Gasteiger partial charge < -0.3 is 10.1 Å². The monoisotopic (exact) mass is 354 g/mol. The number of hydrogen-bond donors (Lipinski definition) is 1. The number of ether oxygens (including phenoxy) is 1. The molecule has 0 amide bonds. The molecule has 0 spiro atoms. The Morgan fingerprint density at radius 3 is 2.62 bits per heavy atom. The molecular formula is C19H26N6O. The number of fused-ring (bicyclic) bond motifs is 1. The third kappa shape index (κ3) is 4.47. The molecule has 1 N–H and O–H groups in total. The molecule has 3 aromatic rings. The molecule has 0 saturated carbocycles. The largest absolute Gasteiger partial charge is 0.493 e. The van der Waals surface area contributed by atoms with Gasteiger partial charge >= 0.3 is 0 Å². The molecule has 7 nitrogen and oxygen atoms in total. The van der Waals surface area contributed by atoms with Gasteiger partial charge in [-0.25, -0.2) is 0 Å². The molecule has 0 radical (unpaired) electrons. The molecule has 0 fully saturated rings. The van der Waals surface area contributed by atoms with Crippen LogP contribution in [0.5, 0.6) is 5.75 Å². The minimum absolute atomic E-state index is 0.0831. The lowest BCUT2D eigenvalue weighted by Gasteiger charge is -2.24. The molecule has 0 saturated heterocycles. The Bertz CT molecular complexity index is 845. The van der Waals surface area contributed by atoms with Crippen LogP contribution in [0.4, 0.5) is 5.82 Å². The first kappa shape index (κ1) is 18.1. The summed E-state index contributed by atoms with van der Waals surface area (Å²) in [4.78, 5) is 0. The first-order chi connectivity index (χ1) is 12.5. The van der Waals surface area contributed by atoms with Crippen molar-refractivity contribution in [2.45, 2.75) is 40.2 Å². The smallest absolute Gasteiger partial charge is 0.200 e. The Morgan fingerprint density at radius 2 is 1.85 bits per heavy atom. The van der Waals surface area contributed by atoms with Crippen molar-refractivity contribution >= 4 is 11.5 Å². The van der Waals surface area contributed by atoms with E-state index in [2.05, 4.69) is 59.7 Å². The molecule has 0 aliphatic carbocycles. The van der Waals surface area contributed by atoms with E-state index in [1.165, 1.54) is 4.63 Å². The Kier molecular flexibility index (Phi) is 5.65. The van der Waals surface area contributed by atoms with Crippen molar-refractivity contribution in [1.82, 2.24) is 25.3 Å². The van der Waals surface area contributed by atoms with Crippen LogP contribution in [0.2, 0.25) is 0 Å². The Labute approximate surface area is 153 Å². The van der Waals surface area contributed by atoms with Crippen molar-refractivity contribution in [3.05, 3.63) is 42.0 Å². The average Bonchev–Trinajstić information content (AvgIpc) is 3.07. The number of benzene rings is 1. The van der Waals surface area contributed by atoms with Crippen molar-refractivity contribution in [3.8, 4) is 5.75 Å². The van der Waals surface area contributed by atoms with E-state index >= 15 is 0 Å². The average molecular weight is 354 g/mol. The molecule has 3 rings (SSSR count). The van der Waals surface area contributed by atoms with Gasteiger partial charge in [-0.15, -0.1) is 14.8 Å². The number of nitrogens with one attached hydrogen (secondary N) is 1. The van der Waals surface area contributed by atoms with Crippen LogP contribution < -0.4 is 10.1 Å². The summed E-state index contributed by atoms with van der Waals surface area (Å²) >= 11 is 0. The van der Waals surface area contributed by atoms with E-state index in [9.17, 15) is 0 Å². The molecule has 0 bridgehead atoms. The van der Waals surface area contributed by atoms with Gasteiger partial charge in [0.2, 0.25) is 0 Å². The van der Waals surface area contributed by atoms with Crippen LogP contribution in [0, 0.1) is 11.8 Å². The van der Waals surface area contributed by atoms with Gasteiger partial charge in [-0.2, -0.15) is 0 Å². The number of nitrogens with zero attached hydrogens (tertiary/aromatic N) is 5. The highest BCUT2D eigenvalue weighted by Gasteiger charge is 2.19. The number of para-hydroxylation sites is 1. The number of tetrazole rings is 1. The first-order valence-corrected chi connectivity index (χ1v) is 9.06. The van der Waals surface area contributed by atoms with Crippen molar-refractivity contribution in [2.24, 2.45) is 11.8 Å². The fourth-order valence-electron chi connectivity index (χ4n) is 2.80.